The molecule has 57 heavy (non-hydrogen) atoms. The lowest BCUT2D eigenvalue weighted by Gasteiger charge is -2.50. The van der Waals surface area contributed by atoms with Gasteiger partial charge < -0.3 is 35.8 Å². The van der Waals surface area contributed by atoms with Gasteiger partial charge >= 0.3 is 22.5 Å². The minimum atomic E-state index is -5.08. The summed E-state index contributed by atoms with van der Waals surface area (Å²) < 4.78 is 47.4. The van der Waals surface area contributed by atoms with Crippen LogP contribution in [0, 0.1) is 10.8 Å². The zero-order valence-electron chi connectivity index (χ0n) is 32.3. The van der Waals surface area contributed by atoms with Crippen LogP contribution in [0.2, 0.25) is 0 Å². The maximum absolute atomic E-state index is 13.8. The Kier molecular flexibility index (Phi) is 10.4. The van der Waals surface area contributed by atoms with Crippen LogP contribution in [0.25, 0.3) is 0 Å². The number of fused-ring (bicyclic) bond motifs is 1. The zero-order valence-corrected chi connectivity index (χ0v) is 33.9. The number of rotatable bonds is 12. The predicted octanol–water partition coefficient (Wildman–Crippen LogP) is 2.47. The van der Waals surface area contributed by atoms with Gasteiger partial charge in [0.2, 0.25) is 0 Å². The van der Waals surface area contributed by atoms with Crippen molar-refractivity contribution in [1.29, 1.82) is 5.41 Å². The van der Waals surface area contributed by atoms with Gasteiger partial charge in [-0.3, -0.25) is 24.9 Å². The number of hydrogen-bond donors (Lipinski definition) is 7. The Labute approximate surface area is 332 Å². The average Bonchev–Trinajstić information content (AvgIpc) is 3.39. The molecule has 1 aromatic carbocycles. The normalized spacial score (nSPS) is 27.4. The van der Waals surface area contributed by atoms with Crippen LogP contribution >= 0.6 is 11.3 Å². The summed E-state index contributed by atoms with van der Waals surface area (Å²) in [5.74, 6) is -2.98. The van der Waals surface area contributed by atoms with Crippen LogP contribution in [0.5, 0.6) is 5.75 Å². The molecule has 1 spiro atoms. The monoisotopic (exact) mass is 834 g/mol. The van der Waals surface area contributed by atoms with Gasteiger partial charge in [0.15, 0.2) is 16.9 Å². The lowest BCUT2D eigenvalue weighted by Crippen LogP contribution is -2.76. The number of carboxylic acids is 1. The van der Waals surface area contributed by atoms with Crippen LogP contribution in [0.3, 0.4) is 0 Å². The molecule has 0 bridgehead atoms. The molecule has 4 aliphatic rings. The summed E-state index contributed by atoms with van der Waals surface area (Å²) in [4.78, 5) is 61.8. The molecule has 22 heteroatoms. The lowest BCUT2D eigenvalue weighted by atomic mass is 9.74. The van der Waals surface area contributed by atoms with Crippen molar-refractivity contribution in [2.45, 2.75) is 121 Å². The fourth-order valence-electron chi connectivity index (χ4n) is 7.31. The molecule has 20 nitrogen and oxygen atoms in total. The van der Waals surface area contributed by atoms with Crippen molar-refractivity contribution < 1.29 is 55.9 Å². The van der Waals surface area contributed by atoms with E-state index < -0.39 is 68.9 Å². The standard InChI is InChI=1S/C35H46N8O12S2/c1-31(2,3)53-30(48)41-29-39-20(15-56-29)23(26(44)40-24-27(45)43(32(24,4)5)55-57(49,50)51)42-54-34(7,28(46)47)22-11-9-17-12-18(8-10-21(17)52-22)25(36)38-19-13-35(14-19)16-33(35,6)37/h8,10,12,15,19,22,24H,9,11,13-14,16,37H2,1-7H3,(H2,36,38)(H,40,44)(H,46,47)(H,39,41,48)(H,49,50,51)/b42-23-/t19?,22-,24-,33?,34+,35?/m1/s1. The second-order valence-corrected chi connectivity index (χ2v) is 18.6. The van der Waals surface area contributed by atoms with Crippen molar-refractivity contribution in [3.63, 3.8) is 0 Å². The van der Waals surface area contributed by atoms with E-state index in [-0.39, 0.29) is 40.1 Å². The van der Waals surface area contributed by atoms with Gasteiger partial charge in [0, 0.05) is 22.5 Å². The molecule has 1 saturated heterocycles. The number of nitrogens with two attached hydrogens (primary N) is 1. The summed E-state index contributed by atoms with van der Waals surface area (Å²) in [6.45, 7) is 10.9. The van der Waals surface area contributed by atoms with E-state index in [2.05, 4.69) is 37.3 Å². The number of ether oxygens (including phenoxy) is 2. The lowest BCUT2D eigenvalue weighted by molar-refractivity contribution is -0.218. The van der Waals surface area contributed by atoms with Crippen LogP contribution in [0.1, 0.15) is 91.0 Å². The third-order valence-corrected chi connectivity index (χ3v) is 11.9. The van der Waals surface area contributed by atoms with Crippen LogP contribution in [-0.2, 0) is 45.1 Å². The van der Waals surface area contributed by atoms with E-state index in [4.69, 9.17) is 30.0 Å². The van der Waals surface area contributed by atoms with Crippen LogP contribution in [0.4, 0.5) is 9.93 Å². The number of oxime groups is 1. The number of nitrogens with zero attached hydrogens (tertiary/aromatic N) is 3. The molecule has 6 rings (SSSR count). The number of hydroxylamine groups is 2. The molecule has 3 amide bonds. The topological polar surface area (TPSA) is 294 Å². The zero-order chi connectivity index (χ0) is 42.1. The molecule has 2 saturated carbocycles. The highest BCUT2D eigenvalue weighted by Crippen LogP contribution is 2.66. The van der Waals surface area contributed by atoms with Crippen molar-refractivity contribution in [1.82, 2.24) is 20.7 Å². The number of aliphatic carboxylic acids is 1. The van der Waals surface area contributed by atoms with E-state index in [1.165, 1.54) is 26.2 Å². The summed E-state index contributed by atoms with van der Waals surface area (Å²) in [6.07, 6.45) is 1.32. The summed E-state index contributed by atoms with van der Waals surface area (Å²) in [5, 5.41) is 32.8. The van der Waals surface area contributed by atoms with Crippen molar-refractivity contribution in [3.05, 3.63) is 40.4 Å². The van der Waals surface area contributed by atoms with Crippen molar-refractivity contribution in [3.8, 4) is 5.75 Å². The van der Waals surface area contributed by atoms with Gasteiger partial charge in [-0.15, -0.1) is 15.6 Å². The van der Waals surface area contributed by atoms with E-state index in [0.717, 1.165) is 36.2 Å². The number of nitrogens with one attached hydrogen (secondary N) is 4. The first-order chi connectivity index (χ1) is 26.2. The molecule has 1 unspecified atom stereocenters. The molecule has 3 heterocycles. The molecular weight excluding hydrogens is 789 g/mol. The number of anilines is 1. The van der Waals surface area contributed by atoms with E-state index in [1.807, 2.05) is 6.07 Å². The second-order valence-electron chi connectivity index (χ2n) is 16.8. The van der Waals surface area contributed by atoms with E-state index in [9.17, 15) is 32.7 Å². The first-order valence-electron chi connectivity index (χ1n) is 17.9. The van der Waals surface area contributed by atoms with E-state index >= 15 is 0 Å². The first kappa shape index (κ1) is 41.7. The largest absolute Gasteiger partial charge is 0.485 e. The van der Waals surface area contributed by atoms with Crippen molar-refractivity contribution >= 4 is 62.3 Å². The smallest absolute Gasteiger partial charge is 0.418 e. The molecule has 3 fully saturated rings. The van der Waals surface area contributed by atoms with E-state index in [1.54, 1.807) is 32.9 Å². The molecule has 2 aliphatic heterocycles. The molecule has 2 aliphatic carbocycles. The van der Waals surface area contributed by atoms with Crippen molar-refractivity contribution in [2.24, 2.45) is 16.3 Å². The average molecular weight is 835 g/mol. The SMILES string of the molecule is CC(C)(C)OC(=O)Nc1nc(/C(=N/O[C@](C)(C(=O)O)[C@H]2CCc3cc(C(=N)NC4CC5(C4)CC5(C)N)ccc3O2)C(=O)N[C@@H]2C(=O)N(OS(=O)(=O)O)C2(C)C)cs1. The Morgan fingerprint density at radius 3 is 2.40 bits per heavy atom. The molecule has 0 radical (unpaired) electrons. The molecule has 1 aromatic heterocycles. The van der Waals surface area contributed by atoms with Gasteiger partial charge in [0.25, 0.3) is 17.4 Å². The number of amides is 3. The van der Waals surface area contributed by atoms with E-state index in [0.29, 0.717) is 22.8 Å². The van der Waals surface area contributed by atoms with Gasteiger partial charge in [-0.2, -0.15) is 13.5 Å². The minimum absolute atomic E-state index is 0.0264. The predicted molar refractivity (Wildman–Crippen MR) is 203 cm³/mol. The van der Waals surface area contributed by atoms with Crippen LogP contribution in [-0.4, -0.2) is 104 Å². The third kappa shape index (κ3) is 8.40. The maximum atomic E-state index is 13.8. The quantitative estimate of drug-likeness (QED) is 0.0531. The highest BCUT2D eigenvalue weighted by Gasteiger charge is 2.67. The Hall–Kier alpha value is -4.90. The number of aryl methyl sites for hydroxylation is 1. The Balaban J connectivity index is 1.20. The second kappa shape index (κ2) is 14.2. The Morgan fingerprint density at radius 2 is 1.82 bits per heavy atom. The Bertz CT molecular complexity index is 2160. The van der Waals surface area contributed by atoms with Crippen LogP contribution < -0.4 is 26.4 Å². The van der Waals surface area contributed by atoms with Gasteiger partial charge in [0.05, 0.1) is 5.54 Å². The van der Waals surface area contributed by atoms with Crippen molar-refractivity contribution in [2.75, 3.05) is 5.32 Å². The minimum Gasteiger partial charge on any atom is -0.485 e. The summed E-state index contributed by atoms with van der Waals surface area (Å²) >= 11 is 0.874. The van der Waals surface area contributed by atoms with Gasteiger partial charge in [-0.1, -0.05) is 5.16 Å². The molecule has 310 valence electrons. The highest BCUT2D eigenvalue weighted by molar-refractivity contribution is 7.80. The fourth-order valence-corrected chi connectivity index (χ4v) is 8.44. The highest BCUT2D eigenvalue weighted by atomic mass is 32.3. The summed E-state index contributed by atoms with van der Waals surface area (Å²) in [7, 11) is -5.08. The maximum Gasteiger partial charge on any atom is 0.418 e. The summed E-state index contributed by atoms with van der Waals surface area (Å²) in [5.41, 5.74) is 2.34. The molecule has 4 atom stereocenters. The number of aromatic nitrogens is 1. The molecule has 2 aromatic rings. The fraction of sp³-hybridized carbons (Fsp3) is 0.571. The number of hydrogen-bond acceptors (Lipinski definition) is 15. The summed E-state index contributed by atoms with van der Waals surface area (Å²) in [6, 6.07) is 3.91. The van der Waals surface area contributed by atoms with Gasteiger partial charge in [-0.05, 0) is 110 Å². The number of benzene rings is 1. The number of amidine groups is 1. The number of thiazole rings is 1. The molecular formula is C35H46N8O12S2. The van der Waals surface area contributed by atoms with Gasteiger partial charge in [-0.25, -0.2) is 14.6 Å². The Morgan fingerprint density at radius 1 is 1.16 bits per heavy atom. The molecule has 8 N–H and O–H groups in total. The number of carbonyl (C=O) groups is 4. The number of β-lactam (4-membered cyclic amide) rings is 1. The number of carboxylic acid groups (broad SMARTS) is 1. The van der Waals surface area contributed by atoms with Gasteiger partial charge in [0.1, 0.15) is 28.9 Å². The van der Waals surface area contributed by atoms with Crippen LogP contribution in [0.15, 0.2) is 28.7 Å². The number of carbonyl (C=O) groups excluding carboxylic acids is 3. The first-order valence-corrected chi connectivity index (χ1v) is 20.2. The third-order valence-electron chi connectivity index (χ3n) is 10.8.